The van der Waals surface area contributed by atoms with E-state index < -0.39 is 6.10 Å². The first-order chi connectivity index (χ1) is 8.99. The summed E-state index contributed by atoms with van der Waals surface area (Å²) in [7, 11) is 3.38. The summed E-state index contributed by atoms with van der Waals surface area (Å²) in [6, 6.07) is 0. The molecule has 0 aromatic rings. The molecule has 20 heavy (non-hydrogen) atoms. The Kier molecular flexibility index (Phi) is 8.76. The SMILES string of the molecule is CCCN(CC(=O)N(C)C)C(=O)[C@@H]1CC[C@H](CN)O1.Cl. The average molecular weight is 308 g/mol. The number of hydrogen-bond donors (Lipinski definition) is 1. The molecule has 2 N–H and O–H groups in total. The summed E-state index contributed by atoms with van der Waals surface area (Å²) in [5.41, 5.74) is 5.54. The number of likely N-dealkylation sites (N-methyl/N-ethyl adjacent to an activating group) is 1. The van der Waals surface area contributed by atoms with Gasteiger partial charge in [0.25, 0.3) is 5.91 Å². The van der Waals surface area contributed by atoms with Crippen molar-refractivity contribution in [1.29, 1.82) is 0 Å². The third-order valence-electron chi connectivity index (χ3n) is 3.28. The lowest BCUT2D eigenvalue weighted by Gasteiger charge is -2.26. The summed E-state index contributed by atoms with van der Waals surface area (Å²) >= 11 is 0. The standard InChI is InChI=1S/C13H25N3O3.ClH/c1-4-7-16(9-12(17)15(2)3)13(18)11-6-5-10(8-14)19-11;/h10-11H,4-9,14H2,1-3H3;1H/t10-,11+;/m1./s1. The third-order valence-corrected chi connectivity index (χ3v) is 3.28. The molecule has 0 unspecified atom stereocenters. The van der Waals surface area contributed by atoms with Crippen LogP contribution in [0, 0.1) is 0 Å². The quantitative estimate of drug-likeness (QED) is 0.763. The summed E-state index contributed by atoms with van der Waals surface area (Å²) in [4.78, 5) is 27.2. The minimum Gasteiger partial charge on any atom is -0.364 e. The zero-order valence-corrected chi connectivity index (χ0v) is 13.3. The molecule has 6 nitrogen and oxygen atoms in total. The van der Waals surface area contributed by atoms with E-state index in [9.17, 15) is 9.59 Å². The van der Waals surface area contributed by atoms with Crippen molar-refractivity contribution in [1.82, 2.24) is 9.80 Å². The summed E-state index contributed by atoms with van der Waals surface area (Å²) in [5.74, 6) is -0.164. The molecule has 0 aromatic heterocycles. The second-order valence-electron chi connectivity index (χ2n) is 5.11. The Balaban J connectivity index is 0.00000361. The summed E-state index contributed by atoms with van der Waals surface area (Å²) in [6.07, 6.45) is 1.86. The Morgan fingerprint density at radius 1 is 1.30 bits per heavy atom. The highest BCUT2D eigenvalue weighted by atomic mass is 35.5. The molecule has 2 atom stereocenters. The van der Waals surface area contributed by atoms with E-state index in [-0.39, 0.29) is 36.9 Å². The number of carbonyl (C=O) groups is 2. The Morgan fingerprint density at radius 2 is 1.95 bits per heavy atom. The second kappa shape index (κ2) is 9.15. The molecule has 1 fully saturated rings. The van der Waals surface area contributed by atoms with Crippen molar-refractivity contribution in [3.63, 3.8) is 0 Å². The van der Waals surface area contributed by atoms with E-state index in [1.54, 1.807) is 19.0 Å². The molecule has 1 aliphatic rings. The molecule has 0 aromatic carbocycles. The van der Waals surface area contributed by atoms with Gasteiger partial charge in [-0.3, -0.25) is 9.59 Å². The van der Waals surface area contributed by atoms with Crippen molar-refractivity contribution in [2.75, 3.05) is 33.7 Å². The maximum Gasteiger partial charge on any atom is 0.252 e. The highest BCUT2D eigenvalue weighted by Gasteiger charge is 2.33. The van der Waals surface area contributed by atoms with Crippen LogP contribution >= 0.6 is 12.4 Å². The van der Waals surface area contributed by atoms with E-state index in [0.717, 1.165) is 12.8 Å². The molecule has 118 valence electrons. The van der Waals surface area contributed by atoms with Crippen molar-refractivity contribution in [3.8, 4) is 0 Å². The lowest BCUT2D eigenvalue weighted by atomic mass is 10.1. The van der Waals surface area contributed by atoms with E-state index in [4.69, 9.17) is 10.5 Å². The molecule has 7 heteroatoms. The van der Waals surface area contributed by atoms with E-state index in [1.165, 1.54) is 4.90 Å². The molecular formula is C13H26ClN3O3. The van der Waals surface area contributed by atoms with Crippen LogP contribution in [0.1, 0.15) is 26.2 Å². The third kappa shape index (κ3) is 5.26. The molecule has 1 heterocycles. The molecule has 2 amide bonds. The van der Waals surface area contributed by atoms with Crippen LogP contribution in [-0.2, 0) is 14.3 Å². The van der Waals surface area contributed by atoms with Crippen molar-refractivity contribution >= 4 is 24.2 Å². The lowest BCUT2D eigenvalue weighted by molar-refractivity contribution is -0.147. The van der Waals surface area contributed by atoms with Crippen molar-refractivity contribution in [3.05, 3.63) is 0 Å². The van der Waals surface area contributed by atoms with Gasteiger partial charge in [-0.15, -0.1) is 12.4 Å². The fourth-order valence-electron chi connectivity index (χ4n) is 2.11. The van der Waals surface area contributed by atoms with Crippen LogP contribution in [0.5, 0.6) is 0 Å². The minimum absolute atomic E-state index is 0. The van der Waals surface area contributed by atoms with E-state index >= 15 is 0 Å². The van der Waals surface area contributed by atoms with E-state index in [0.29, 0.717) is 19.5 Å². The number of ether oxygens (including phenoxy) is 1. The number of amides is 2. The Hall–Kier alpha value is -0.850. The first kappa shape index (κ1) is 19.1. The normalized spacial score (nSPS) is 21.2. The Bertz CT molecular complexity index is 326. The molecule has 0 bridgehead atoms. The van der Waals surface area contributed by atoms with Gasteiger partial charge < -0.3 is 20.3 Å². The monoisotopic (exact) mass is 307 g/mol. The number of nitrogens with two attached hydrogens (primary N) is 1. The first-order valence-corrected chi connectivity index (χ1v) is 6.84. The van der Waals surface area contributed by atoms with Gasteiger partial charge in [0.2, 0.25) is 5.91 Å². The Labute approximate surface area is 127 Å². The van der Waals surface area contributed by atoms with Crippen LogP contribution in [0.4, 0.5) is 0 Å². The Morgan fingerprint density at radius 3 is 2.40 bits per heavy atom. The predicted octanol–water partition coefficient (Wildman–Crippen LogP) is 0.241. The maximum absolute atomic E-state index is 12.3. The predicted molar refractivity (Wildman–Crippen MR) is 79.8 cm³/mol. The topological polar surface area (TPSA) is 75.9 Å². The molecule has 1 aliphatic heterocycles. The van der Waals surface area contributed by atoms with Crippen LogP contribution in [0.3, 0.4) is 0 Å². The van der Waals surface area contributed by atoms with Gasteiger partial charge in [-0.05, 0) is 19.3 Å². The molecule has 0 saturated carbocycles. The average Bonchev–Trinajstić information content (AvgIpc) is 2.85. The number of rotatable bonds is 6. The minimum atomic E-state index is -0.435. The smallest absolute Gasteiger partial charge is 0.252 e. The van der Waals surface area contributed by atoms with Gasteiger partial charge in [-0.25, -0.2) is 0 Å². The van der Waals surface area contributed by atoms with Gasteiger partial charge in [0, 0.05) is 27.2 Å². The van der Waals surface area contributed by atoms with Crippen molar-refractivity contribution in [2.24, 2.45) is 5.73 Å². The van der Waals surface area contributed by atoms with Gasteiger partial charge in [0.05, 0.1) is 12.6 Å². The second-order valence-corrected chi connectivity index (χ2v) is 5.11. The van der Waals surface area contributed by atoms with Crippen LogP contribution in [0.25, 0.3) is 0 Å². The molecule has 0 spiro atoms. The summed E-state index contributed by atoms with van der Waals surface area (Å²) in [5, 5.41) is 0. The number of carbonyl (C=O) groups excluding carboxylic acids is 2. The fraction of sp³-hybridized carbons (Fsp3) is 0.846. The van der Waals surface area contributed by atoms with Crippen LogP contribution in [0.2, 0.25) is 0 Å². The van der Waals surface area contributed by atoms with Gasteiger partial charge in [0.15, 0.2) is 0 Å². The van der Waals surface area contributed by atoms with Gasteiger partial charge >= 0.3 is 0 Å². The molecule has 0 radical (unpaired) electrons. The van der Waals surface area contributed by atoms with E-state index in [1.807, 2.05) is 6.92 Å². The fourth-order valence-corrected chi connectivity index (χ4v) is 2.11. The number of hydrogen-bond acceptors (Lipinski definition) is 4. The molecule has 0 aliphatic carbocycles. The first-order valence-electron chi connectivity index (χ1n) is 6.84. The van der Waals surface area contributed by atoms with Crippen LogP contribution in [0.15, 0.2) is 0 Å². The van der Waals surface area contributed by atoms with Crippen molar-refractivity contribution < 1.29 is 14.3 Å². The molecule has 1 saturated heterocycles. The van der Waals surface area contributed by atoms with Gasteiger partial charge in [0.1, 0.15) is 6.10 Å². The van der Waals surface area contributed by atoms with Crippen LogP contribution in [-0.4, -0.2) is 67.6 Å². The summed E-state index contributed by atoms with van der Waals surface area (Å²) in [6.45, 7) is 3.12. The van der Waals surface area contributed by atoms with Gasteiger partial charge in [-0.2, -0.15) is 0 Å². The number of halogens is 1. The van der Waals surface area contributed by atoms with E-state index in [2.05, 4.69) is 0 Å². The van der Waals surface area contributed by atoms with Gasteiger partial charge in [-0.1, -0.05) is 6.92 Å². The molecule has 1 rings (SSSR count). The van der Waals surface area contributed by atoms with Crippen LogP contribution < -0.4 is 5.73 Å². The zero-order valence-electron chi connectivity index (χ0n) is 12.5. The maximum atomic E-state index is 12.3. The number of nitrogens with zero attached hydrogens (tertiary/aromatic N) is 2. The summed E-state index contributed by atoms with van der Waals surface area (Å²) < 4.78 is 5.60. The largest absolute Gasteiger partial charge is 0.364 e. The lowest BCUT2D eigenvalue weighted by Crippen LogP contribution is -2.45. The zero-order chi connectivity index (χ0) is 14.4. The van der Waals surface area contributed by atoms with Crippen molar-refractivity contribution in [2.45, 2.75) is 38.4 Å². The highest BCUT2D eigenvalue weighted by molar-refractivity contribution is 5.87. The highest BCUT2D eigenvalue weighted by Crippen LogP contribution is 2.20. The molecular weight excluding hydrogens is 282 g/mol.